The van der Waals surface area contributed by atoms with Crippen molar-refractivity contribution in [3.63, 3.8) is 0 Å². The SMILES string of the molecule is Cc1ccnc(SCc2nc(-c3ccc(C(C)C)cc3)no2)n1. The molecule has 0 radical (unpaired) electrons. The maximum absolute atomic E-state index is 5.31. The Kier molecular flexibility index (Phi) is 4.71. The van der Waals surface area contributed by atoms with Crippen molar-refractivity contribution in [3.8, 4) is 11.4 Å². The van der Waals surface area contributed by atoms with E-state index < -0.39 is 0 Å². The van der Waals surface area contributed by atoms with Crippen LogP contribution in [0.15, 0.2) is 46.2 Å². The van der Waals surface area contributed by atoms with E-state index in [4.69, 9.17) is 4.52 Å². The Morgan fingerprint density at radius 2 is 1.87 bits per heavy atom. The fourth-order valence-electron chi connectivity index (χ4n) is 2.07. The van der Waals surface area contributed by atoms with E-state index in [9.17, 15) is 0 Å². The Bertz CT molecular complexity index is 783. The van der Waals surface area contributed by atoms with Gasteiger partial charge in [-0.25, -0.2) is 9.97 Å². The molecule has 0 saturated carbocycles. The molecule has 23 heavy (non-hydrogen) atoms. The summed E-state index contributed by atoms with van der Waals surface area (Å²) in [7, 11) is 0. The van der Waals surface area contributed by atoms with Gasteiger partial charge in [-0.15, -0.1) is 0 Å². The minimum atomic E-state index is 0.510. The zero-order valence-electron chi connectivity index (χ0n) is 13.4. The normalized spacial score (nSPS) is 11.1. The van der Waals surface area contributed by atoms with Gasteiger partial charge in [0.15, 0.2) is 5.16 Å². The van der Waals surface area contributed by atoms with Crippen LogP contribution < -0.4 is 0 Å². The highest BCUT2D eigenvalue weighted by Crippen LogP contribution is 2.23. The molecule has 0 atom stereocenters. The first kappa shape index (κ1) is 15.7. The van der Waals surface area contributed by atoms with Crippen molar-refractivity contribution in [1.29, 1.82) is 0 Å². The molecule has 118 valence electrons. The monoisotopic (exact) mass is 326 g/mol. The van der Waals surface area contributed by atoms with Crippen LogP contribution >= 0.6 is 11.8 Å². The lowest BCUT2D eigenvalue weighted by Crippen LogP contribution is -1.90. The average molecular weight is 326 g/mol. The van der Waals surface area contributed by atoms with E-state index in [-0.39, 0.29) is 0 Å². The Hall–Kier alpha value is -2.21. The number of benzene rings is 1. The predicted molar refractivity (Wildman–Crippen MR) is 90.2 cm³/mol. The van der Waals surface area contributed by atoms with Crippen molar-refractivity contribution in [2.24, 2.45) is 0 Å². The molecule has 0 aliphatic heterocycles. The molecule has 1 aromatic carbocycles. The summed E-state index contributed by atoms with van der Waals surface area (Å²) in [5.41, 5.74) is 3.20. The standard InChI is InChI=1S/C17H18N4OS/c1-11(2)13-4-6-14(7-5-13)16-20-15(22-21-16)10-23-17-18-9-8-12(3)19-17/h4-9,11H,10H2,1-3H3. The lowest BCUT2D eigenvalue weighted by atomic mass is 10.0. The van der Waals surface area contributed by atoms with Crippen molar-refractivity contribution in [3.05, 3.63) is 53.7 Å². The maximum Gasteiger partial charge on any atom is 0.237 e. The number of aryl methyl sites for hydroxylation is 1. The number of hydrogen-bond donors (Lipinski definition) is 0. The largest absolute Gasteiger partial charge is 0.338 e. The molecule has 0 aliphatic rings. The number of nitrogens with zero attached hydrogens (tertiary/aromatic N) is 4. The minimum Gasteiger partial charge on any atom is -0.338 e. The molecule has 0 amide bonds. The van der Waals surface area contributed by atoms with Gasteiger partial charge in [-0.2, -0.15) is 4.98 Å². The molecular weight excluding hydrogens is 308 g/mol. The maximum atomic E-state index is 5.31. The molecule has 0 aliphatic carbocycles. The van der Waals surface area contributed by atoms with Gasteiger partial charge in [-0.1, -0.05) is 55.0 Å². The van der Waals surface area contributed by atoms with E-state index in [1.54, 1.807) is 6.20 Å². The molecule has 6 heteroatoms. The van der Waals surface area contributed by atoms with Gasteiger partial charge < -0.3 is 4.52 Å². The van der Waals surface area contributed by atoms with Crippen LogP contribution in [0.4, 0.5) is 0 Å². The van der Waals surface area contributed by atoms with E-state index in [2.05, 4.69) is 46.1 Å². The summed E-state index contributed by atoms with van der Waals surface area (Å²) in [6, 6.07) is 10.1. The lowest BCUT2D eigenvalue weighted by molar-refractivity contribution is 0.391. The van der Waals surface area contributed by atoms with Gasteiger partial charge in [0.1, 0.15) is 0 Å². The zero-order chi connectivity index (χ0) is 16.2. The first-order chi connectivity index (χ1) is 11.1. The highest BCUT2D eigenvalue weighted by molar-refractivity contribution is 7.98. The van der Waals surface area contributed by atoms with Crippen molar-refractivity contribution in [2.45, 2.75) is 37.6 Å². The third kappa shape index (κ3) is 3.96. The van der Waals surface area contributed by atoms with Crippen LogP contribution in [0.3, 0.4) is 0 Å². The fraction of sp³-hybridized carbons (Fsp3) is 0.294. The van der Waals surface area contributed by atoms with Crippen molar-refractivity contribution in [1.82, 2.24) is 20.1 Å². The number of aromatic nitrogens is 4. The topological polar surface area (TPSA) is 64.7 Å². The van der Waals surface area contributed by atoms with Crippen LogP contribution in [0.2, 0.25) is 0 Å². The molecule has 0 spiro atoms. The molecule has 0 unspecified atom stereocenters. The highest BCUT2D eigenvalue weighted by atomic mass is 32.2. The number of thioether (sulfide) groups is 1. The van der Waals surface area contributed by atoms with Crippen LogP contribution in [0, 0.1) is 6.92 Å². The van der Waals surface area contributed by atoms with E-state index in [1.165, 1.54) is 17.3 Å². The van der Waals surface area contributed by atoms with Gasteiger partial charge in [-0.3, -0.25) is 0 Å². The molecule has 0 bridgehead atoms. The molecule has 3 rings (SSSR count). The second-order valence-electron chi connectivity index (χ2n) is 5.56. The summed E-state index contributed by atoms with van der Waals surface area (Å²) in [6.45, 7) is 6.29. The van der Waals surface area contributed by atoms with E-state index in [0.29, 0.717) is 28.5 Å². The highest BCUT2D eigenvalue weighted by Gasteiger charge is 2.10. The van der Waals surface area contributed by atoms with Crippen LogP contribution in [0.1, 0.15) is 36.9 Å². The summed E-state index contributed by atoms with van der Waals surface area (Å²) in [5.74, 6) is 2.25. The second-order valence-corrected chi connectivity index (χ2v) is 6.50. The molecule has 0 fully saturated rings. The number of hydrogen-bond acceptors (Lipinski definition) is 6. The summed E-state index contributed by atoms with van der Waals surface area (Å²) >= 11 is 1.48. The van der Waals surface area contributed by atoms with Gasteiger partial charge in [0, 0.05) is 17.5 Å². The zero-order valence-corrected chi connectivity index (χ0v) is 14.2. The van der Waals surface area contributed by atoms with Crippen LogP contribution in [-0.2, 0) is 5.75 Å². The van der Waals surface area contributed by atoms with Gasteiger partial charge in [0.25, 0.3) is 0 Å². The molecule has 3 aromatic rings. The van der Waals surface area contributed by atoms with Crippen molar-refractivity contribution < 1.29 is 4.52 Å². The summed E-state index contributed by atoms with van der Waals surface area (Å²) in [4.78, 5) is 13.0. The molecule has 2 aromatic heterocycles. The molecule has 0 N–H and O–H groups in total. The van der Waals surface area contributed by atoms with Crippen LogP contribution in [0.5, 0.6) is 0 Å². The van der Waals surface area contributed by atoms with Gasteiger partial charge in [-0.05, 0) is 24.5 Å². The van der Waals surface area contributed by atoms with Crippen LogP contribution in [0.25, 0.3) is 11.4 Å². The van der Waals surface area contributed by atoms with Crippen molar-refractivity contribution in [2.75, 3.05) is 0 Å². The third-order valence-electron chi connectivity index (χ3n) is 3.40. The van der Waals surface area contributed by atoms with Gasteiger partial charge in [0.2, 0.25) is 11.7 Å². The second kappa shape index (κ2) is 6.91. The third-order valence-corrected chi connectivity index (χ3v) is 4.25. The van der Waals surface area contributed by atoms with E-state index in [0.717, 1.165) is 11.3 Å². The summed E-state index contributed by atoms with van der Waals surface area (Å²) < 4.78 is 5.31. The number of rotatable bonds is 5. The predicted octanol–water partition coefficient (Wildman–Crippen LogP) is 4.25. The molecule has 5 nitrogen and oxygen atoms in total. The van der Waals surface area contributed by atoms with Gasteiger partial charge in [0.05, 0.1) is 5.75 Å². The first-order valence-electron chi connectivity index (χ1n) is 7.47. The summed E-state index contributed by atoms with van der Waals surface area (Å²) in [5, 5.41) is 4.76. The van der Waals surface area contributed by atoms with E-state index >= 15 is 0 Å². The molecule has 2 heterocycles. The van der Waals surface area contributed by atoms with Crippen molar-refractivity contribution >= 4 is 11.8 Å². The Balaban J connectivity index is 1.68. The smallest absolute Gasteiger partial charge is 0.237 e. The lowest BCUT2D eigenvalue weighted by Gasteiger charge is -2.04. The first-order valence-corrected chi connectivity index (χ1v) is 8.46. The Morgan fingerprint density at radius 1 is 1.09 bits per heavy atom. The summed E-state index contributed by atoms with van der Waals surface area (Å²) in [6.07, 6.45) is 1.75. The minimum absolute atomic E-state index is 0.510. The Labute approximate surface area is 139 Å². The fourth-order valence-corrected chi connectivity index (χ4v) is 2.78. The molecular formula is C17H18N4OS. The van der Waals surface area contributed by atoms with E-state index in [1.807, 2.05) is 25.1 Å². The Morgan fingerprint density at radius 3 is 2.57 bits per heavy atom. The molecule has 0 saturated heterocycles. The van der Waals surface area contributed by atoms with Crippen LogP contribution in [-0.4, -0.2) is 20.1 Å². The average Bonchev–Trinajstić information content (AvgIpc) is 3.02. The van der Waals surface area contributed by atoms with Gasteiger partial charge >= 0.3 is 0 Å². The quantitative estimate of drug-likeness (QED) is 0.516.